The SMILES string of the molecule is CCc1ccc(C(Cc2ccccc2)NC(=O)CN2CCCCC2)cc1. The molecule has 0 radical (unpaired) electrons. The third kappa shape index (κ3) is 5.43. The minimum absolute atomic E-state index is 0.0144. The number of piperidine rings is 1. The van der Waals surface area contributed by atoms with Gasteiger partial charge in [-0.2, -0.15) is 0 Å². The molecule has 1 heterocycles. The van der Waals surface area contributed by atoms with Crippen LogP contribution in [0.15, 0.2) is 54.6 Å². The maximum atomic E-state index is 12.7. The number of hydrogen-bond acceptors (Lipinski definition) is 2. The van der Waals surface area contributed by atoms with Gasteiger partial charge in [-0.05, 0) is 55.5 Å². The van der Waals surface area contributed by atoms with Crippen molar-refractivity contribution >= 4 is 5.91 Å². The van der Waals surface area contributed by atoms with Crippen LogP contribution in [0.25, 0.3) is 0 Å². The fraction of sp³-hybridized carbons (Fsp3) is 0.435. The molecule has 1 amide bonds. The number of hydrogen-bond donors (Lipinski definition) is 1. The fourth-order valence-electron chi connectivity index (χ4n) is 3.65. The number of rotatable bonds is 7. The summed E-state index contributed by atoms with van der Waals surface area (Å²) in [5.41, 5.74) is 3.75. The van der Waals surface area contributed by atoms with Crippen LogP contribution < -0.4 is 5.32 Å². The number of carbonyl (C=O) groups is 1. The molecular formula is C23H30N2O. The van der Waals surface area contributed by atoms with Crippen LogP contribution in [0.5, 0.6) is 0 Å². The topological polar surface area (TPSA) is 32.3 Å². The summed E-state index contributed by atoms with van der Waals surface area (Å²) in [4.78, 5) is 14.9. The largest absolute Gasteiger partial charge is 0.348 e. The first-order valence-electron chi connectivity index (χ1n) is 9.89. The van der Waals surface area contributed by atoms with Crippen LogP contribution in [0.4, 0.5) is 0 Å². The number of likely N-dealkylation sites (tertiary alicyclic amines) is 1. The highest BCUT2D eigenvalue weighted by atomic mass is 16.2. The van der Waals surface area contributed by atoms with E-state index in [1.807, 2.05) is 6.07 Å². The summed E-state index contributed by atoms with van der Waals surface area (Å²) in [7, 11) is 0. The van der Waals surface area contributed by atoms with E-state index in [4.69, 9.17) is 0 Å². The number of aryl methyl sites for hydroxylation is 1. The number of carbonyl (C=O) groups excluding carboxylic acids is 1. The zero-order valence-electron chi connectivity index (χ0n) is 15.8. The molecule has 2 aromatic rings. The Labute approximate surface area is 157 Å². The molecule has 0 saturated carbocycles. The van der Waals surface area contributed by atoms with Gasteiger partial charge >= 0.3 is 0 Å². The summed E-state index contributed by atoms with van der Waals surface area (Å²) in [5, 5.41) is 3.29. The van der Waals surface area contributed by atoms with Crippen LogP contribution in [0.2, 0.25) is 0 Å². The van der Waals surface area contributed by atoms with Gasteiger partial charge in [0.1, 0.15) is 0 Å². The molecule has 3 rings (SSSR count). The lowest BCUT2D eigenvalue weighted by atomic mass is 9.97. The second-order valence-corrected chi connectivity index (χ2v) is 7.24. The summed E-state index contributed by atoms with van der Waals surface area (Å²) in [5.74, 6) is 0.132. The van der Waals surface area contributed by atoms with Crippen LogP contribution in [-0.4, -0.2) is 30.4 Å². The predicted molar refractivity (Wildman–Crippen MR) is 107 cm³/mol. The summed E-state index contributed by atoms with van der Waals surface area (Å²) < 4.78 is 0. The lowest BCUT2D eigenvalue weighted by molar-refractivity contribution is -0.123. The van der Waals surface area contributed by atoms with Crippen molar-refractivity contribution in [1.82, 2.24) is 10.2 Å². The van der Waals surface area contributed by atoms with E-state index in [9.17, 15) is 4.79 Å². The van der Waals surface area contributed by atoms with E-state index >= 15 is 0 Å². The van der Waals surface area contributed by atoms with Gasteiger partial charge in [0.2, 0.25) is 5.91 Å². The maximum Gasteiger partial charge on any atom is 0.234 e. The van der Waals surface area contributed by atoms with E-state index < -0.39 is 0 Å². The minimum atomic E-state index is 0.0144. The maximum absolute atomic E-state index is 12.7. The van der Waals surface area contributed by atoms with Crippen LogP contribution >= 0.6 is 0 Å². The second kappa shape index (κ2) is 9.54. The molecule has 0 aliphatic carbocycles. The van der Waals surface area contributed by atoms with E-state index in [2.05, 4.69) is 65.7 Å². The lowest BCUT2D eigenvalue weighted by Crippen LogP contribution is -2.41. The third-order valence-corrected chi connectivity index (χ3v) is 5.22. The van der Waals surface area contributed by atoms with Gasteiger partial charge in [-0.1, -0.05) is 67.9 Å². The molecule has 1 aliphatic rings. The molecule has 2 aromatic carbocycles. The molecule has 1 unspecified atom stereocenters. The van der Waals surface area contributed by atoms with Gasteiger partial charge < -0.3 is 5.32 Å². The summed E-state index contributed by atoms with van der Waals surface area (Å²) in [6, 6.07) is 19.1. The standard InChI is InChI=1S/C23H30N2O/c1-2-19-11-13-21(14-12-19)22(17-20-9-5-3-6-10-20)24-23(26)18-25-15-7-4-8-16-25/h3,5-6,9-14,22H,2,4,7-8,15-18H2,1H3,(H,24,26). The van der Waals surface area contributed by atoms with Gasteiger partial charge in [0.25, 0.3) is 0 Å². The van der Waals surface area contributed by atoms with Crippen molar-refractivity contribution in [2.24, 2.45) is 0 Å². The molecule has 26 heavy (non-hydrogen) atoms. The molecule has 0 aromatic heterocycles. The number of nitrogens with zero attached hydrogens (tertiary/aromatic N) is 1. The third-order valence-electron chi connectivity index (χ3n) is 5.22. The monoisotopic (exact) mass is 350 g/mol. The normalized spacial score (nSPS) is 16.2. The van der Waals surface area contributed by atoms with Crippen molar-refractivity contribution in [1.29, 1.82) is 0 Å². The van der Waals surface area contributed by atoms with Gasteiger partial charge in [-0.15, -0.1) is 0 Å². The highest BCUT2D eigenvalue weighted by Crippen LogP contribution is 2.20. The van der Waals surface area contributed by atoms with E-state index in [0.717, 1.165) is 25.9 Å². The Balaban J connectivity index is 1.69. The van der Waals surface area contributed by atoms with Gasteiger partial charge in [-0.3, -0.25) is 9.69 Å². The molecular weight excluding hydrogens is 320 g/mol. The molecule has 138 valence electrons. The minimum Gasteiger partial charge on any atom is -0.348 e. The molecule has 3 nitrogen and oxygen atoms in total. The van der Waals surface area contributed by atoms with Crippen molar-refractivity contribution in [2.45, 2.75) is 45.1 Å². The molecule has 1 aliphatic heterocycles. The van der Waals surface area contributed by atoms with E-state index in [1.165, 1.54) is 36.0 Å². The zero-order chi connectivity index (χ0) is 18.2. The molecule has 1 N–H and O–H groups in total. The summed E-state index contributed by atoms with van der Waals surface area (Å²) >= 11 is 0. The van der Waals surface area contributed by atoms with Crippen LogP contribution in [0.1, 0.15) is 48.9 Å². The van der Waals surface area contributed by atoms with Gasteiger partial charge in [-0.25, -0.2) is 0 Å². The summed E-state index contributed by atoms with van der Waals surface area (Å²) in [6.07, 6.45) is 5.56. The quantitative estimate of drug-likeness (QED) is 0.814. The van der Waals surface area contributed by atoms with Crippen LogP contribution in [0, 0.1) is 0 Å². The predicted octanol–water partition coefficient (Wildman–Crippen LogP) is 4.13. The Morgan fingerprint density at radius 2 is 1.65 bits per heavy atom. The first kappa shape index (κ1) is 18.7. The number of amides is 1. The lowest BCUT2D eigenvalue weighted by Gasteiger charge is -2.27. The first-order chi connectivity index (χ1) is 12.7. The Morgan fingerprint density at radius 3 is 2.31 bits per heavy atom. The average molecular weight is 351 g/mol. The molecule has 0 bridgehead atoms. The number of nitrogens with one attached hydrogen (secondary N) is 1. The average Bonchev–Trinajstić information content (AvgIpc) is 2.69. The Bertz CT molecular complexity index is 675. The second-order valence-electron chi connectivity index (χ2n) is 7.24. The van der Waals surface area contributed by atoms with Crippen molar-refractivity contribution in [3.8, 4) is 0 Å². The van der Waals surface area contributed by atoms with Gasteiger partial charge in [0, 0.05) is 0 Å². The summed E-state index contributed by atoms with van der Waals surface area (Å²) in [6.45, 7) is 4.76. The molecule has 1 saturated heterocycles. The van der Waals surface area contributed by atoms with Crippen molar-refractivity contribution < 1.29 is 4.79 Å². The highest BCUT2D eigenvalue weighted by Gasteiger charge is 2.18. The van der Waals surface area contributed by atoms with Crippen molar-refractivity contribution in [3.05, 3.63) is 71.3 Å². The van der Waals surface area contributed by atoms with E-state index in [0.29, 0.717) is 6.54 Å². The first-order valence-corrected chi connectivity index (χ1v) is 9.89. The van der Waals surface area contributed by atoms with Crippen LogP contribution in [-0.2, 0) is 17.6 Å². The molecule has 0 spiro atoms. The Hall–Kier alpha value is -2.13. The fourth-order valence-corrected chi connectivity index (χ4v) is 3.65. The Morgan fingerprint density at radius 1 is 0.962 bits per heavy atom. The highest BCUT2D eigenvalue weighted by molar-refractivity contribution is 5.78. The zero-order valence-corrected chi connectivity index (χ0v) is 15.8. The van der Waals surface area contributed by atoms with Gasteiger partial charge in [0.05, 0.1) is 12.6 Å². The van der Waals surface area contributed by atoms with Crippen LogP contribution in [0.3, 0.4) is 0 Å². The van der Waals surface area contributed by atoms with E-state index in [-0.39, 0.29) is 11.9 Å². The molecule has 1 atom stereocenters. The van der Waals surface area contributed by atoms with E-state index in [1.54, 1.807) is 0 Å². The smallest absolute Gasteiger partial charge is 0.234 e. The number of benzene rings is 2. The van der Waals surface area contributed by atoms with Crippen molar-refractivity contribution in [3.63, 3.8) is 0 Å². The van der Waals surface area contributed by atoms with Gasteiger partial charge in [0.15, 0.2) is 0 Å². The molecule has 3 heteroatoms. The Kier molecular flexibility index (Phi) is 6.84. The molecule has 1 fully saturated rings. The van der Waals surface area contributed by atoms with Crippen molar-refractivity contribution in [2.75, 3.05) is 19.6 Å².